The van der Waals surface area contributed by atoms with Crippen molar-refractivity contribution in [1.82, 2.24) is 10.2 Å². The number of morpholine rings is 1. The minimum Gasteiger partial charge on any atom is -0.379 e. The van der Waals surface area contributed by atoms with Crippen LogP contribution in [0.25, 0.3) is 0 Å². The van der Waals surface area contributed by atoms with Gasteiger partial charge in [0.2, 0.25) is 0 Å². The molecule has 1 aliphatic rings. The molecule has 1 aliphatic heterocycles. The molecule has 0 aliphatic carbocycles. The Morgan fingerprint density at radius 1 is 1.42 bits per heavy atom. The van der Waals surface area contributed by atoms with Crippen molar-refractivity contribution in [3.63, 3.8) is 0 Å². The monoisotopic (exact) mass is 259 g/mol. The summed E-state index contributed by atoms with van der Waals surface area (Å²) >= 11 is 0. The van der Waals surface area contributed by atoms with E-state index >= 15 is 0 Å². The summed E-state index contributed by atoms with van der Waals surface area (Å²) in [6.07, 6.45) is 0. The fourth-order valence-electron chi connectivity index (χ4n) is 1.98. The van der Waals surface area contributed by atoms with E-state index in [1.165, 1.54) is 0 Å². The maximum atomic E-state index is 11.9. The highest BCUT2D eigenvalue weighted by Crippen LogP contribution is 2.03. The predicted octanol–water partition coefficient (Wildman–Crippen LogP) is 0.620. The van der Waals surface area contributed by atoms with E-state index in [-0.39, 0.29) is 5.91 Å². The molecule has 100 valence electrons. The van der Waals surface area contributed by atoms with Crippen molar-refractivity contribution in [2.24, 2.45) is 0 Å². The number of carbonyl (C=O) groups excluding carboxylic acids is 1. The van der Waals surface area contributed by atoms with Gasteiger partial charge in [0.1, 0.15) is 0 Å². The smallest absolute Gasteiger partial charge is 0.251 e. The predicted molar refractivity (Wildman–Crippen MR) is 70.7 cm³/mol. The molecule has 0 unspecified atom stereocenters. The fraction of sp³-hybridized carbons (Fsp3) is 0.429. The van der Waals surface area contributed by atoms with E-state index in [9.17, 15) is 4.79 Å². The Kier molecular flexibility index (Phi) is 4.90. The van der Waals surface area contributed by atoms with Crippen LogP contribution in [-0.4, -0.2) is 50.2 Å². The summed E-state index contributed by atoms with van der Waals surface area (Å²) in [4.78, 5) is 14.2. The molecule has 1 aromatic rings. The molecule has 5 heteroatoms. The number of ether oxygens (including phenoxy) is 1. The average molecular weight is 259 g/mol. The van der Waals surface area contributed by atoms with E-state index in [0.717, 1.165) is 32.8 Å². The lowest BCUT2D eigenvalue weighted by Gasteiger charge is -2.26. The van der Waals surface area contributed by atoms with Gasteiger partial charge in [0.25, 0.3) is 5.91 Å². The van der Waals surface area contributed by atoms with Crippen molar-refractivity contribution in [2.75, 3.05) is 39.4 Å². The van der Waals surface area contributed by atoms with Gasteiger partial charge >= 0.3 is 0 Å². The first-order valence-electron chi connectivity index (χ1n) is 6.38. The lowest BCUT2D eigenvalue weighted by Crippen LogP contribution is -2.41. The second kappa shape index (κ2) is 6.88. The Balaban J connectivity index is 1.79. The third-order valence-corrected chi connectivity index (χ3v) is 3.07. The zero-order chi connectivity index (χ0) is 13.5. The molecule has 0 radical (unpaired) electrons. The average Bonchev–Trinajstić information content (AvgIpc) is 2.48. The molecule has 1 N–H and O–H groups in total. The van der Waals surface area contributed by atoms with E-state index in [1.54, 1.807) is 24.3 Å². The van der Waals surface area contributed by atoms with Crippen molar-refractivity contribution < 1.29 is 9.53 Å². The molecule has 19 heavy (non-hydrogen) atoms. The highest BCUT2D eigenvalue weighted by Gasteiger charge is 2.11. The van der Waals surface area contributed by atoms with Crippen LogP contribution < -0.4 is 5.32 Å². The summed E-state index contributed by atoms with van der Waals surface area (Å²) in [6, 6.07) is 8.75. The Labute approximate surface area is 112 Å². The van der Waals surface area contributed by atoms with Gasteiger partial charge in [0.15, 0.2) is 0 Å². The molecule has 1 aromatic carbocycles. The van der Waals surface area contributed by atoms with E-state index in [2.05, 4.69) is 10.2 Å². The Morgan fingerprint density at radius 3 is 2.95 bits per heavy atom. The lowest BCUT2D eigenvalue weighted by atomic mass is 10.1. The summed E-state index contributed by atoms with van der Waals surface area (Å²) in [6.45, 7) is 4.79. The molecule has 1 amide bonds. The van der Waals surface area contributed by atoms with Gasteiger partial charge in [0.05, 0.1) is 24.8 Å². The quantitative estimate of drug-likeness (QED) is 0.861. The summed E-state index contributed by atoms with van der Waals surface area (Å²) in [7, 11) is 0. The van der Waals surface area contributed by atoms with Gasteiger partial charge in [-0.25, -0.2) is 0 Å². The molecule has 2 rings (SSSR count). The van der Waals surface area contributed by atoms with Crippen molar-refractivity contribution >= 4 is 5.91 Å². The molecule has 0 saturated carbocycles. The first-order chi connectivity index (χ1) is 9.29. The van der Waals surface area contributed by atoms with Gasteiger partial charge in [-0.05, 0) is 18.2 Å². The van der Waals surface area contributed by atoms with Crippen LogP contribution in [0.3, 0.4) is 0 Å². The van der Waals surface area contributed by atoms with Crippen LogP contribution in [0.4, 0.5) is 0 Å². The molecule has 5 nitrogen and oxygen atoms in total. The van der Waals surface area contributed by atoms with Crippen LogP contribution in [0.1, 0.15) is 15.9 Å². The van der Waals surface area contributed by atoms with Crippen molar-refractivity contribution in [2.45, 2.75) is 0 Å². The molecule has 1 fully saturated rings. The number of carbonyl (C=O) groups is 1. The molecule has 0 spiro atoms. The number of rotatable bonds is 4. The van der Waals surface area contributed by atoms with Crippen LogP contribution >= 0.6 is 0 Å². The van der Waals surface area contributed by atoms with Gasteiger partial charge in [-0.1, -0.05) is 6.07 Å². The number of nitrogens with zero attached hydrogens (tertiary/aromatic N) is 2. The molecule has 0 atom stereocenters. The Bertz CT molecular complexity index is 476. The van der Waals surface area contributed by atoms with Crippen LogP contribution in [0.2, 0.25) is 0 Å². The zero-order valence-corrected chi connectivity index (χ0v) is 10.8. The number of nitriles is 1. The summed E-state index contributed by atoms with van der Waals surface area (Å²) < 4.78 is 5.26. The molecular weight excluding hydrogens is 242 g/mol. The second-order valence-corrected chi connectivity index (χ2v) is 4.40. The standard InChI is InChI=1S/C14H17N3O2/c15-11-12-2-1-3-13(10-12)14(18)16-4-5-17-6-8-19-9-7-17/h1-3,10H,4-9H2,(H,16,18). The summed E-state index contributed by atoms with van der Waals surface area (Å²) in [5.41, 5.74) is 1.03. The number of hydrogen-bond acceptors (Lipinski definition) is 4. The highest BCUT2D eigenvalue weighted by molar-refractivity contribution is 5.94. The maximum Gasteiger partial charge on any atom is 0.251 e. The minimum absolute atomic E-state index is 0.134. The van der Waals surface area contributed by atoms with Gasteiger partial charge in [-0.2, -0.15) is 5.26 Å². The SMILES string of the molecule is N#Cc1cccc(C(=O)NCCN2CCOCC2)c1. The van der Waals surface area contributed by atoms with Gasteiger partial charge < -0.3 is 10.1 Å². The Hall–Kier alpha value is -1.90. The maximum absolute atomic E-state index is 11.9. The van der Waals surface area contributed by atoms with E-state index in [4.69, 9.17) is 10.00 Å². The first kappa shape index (κ1) is 13.5. The van der Waals surface area contributed by atoms with Crippen molar-refractivity contribution in [1.29, 1.82) is 5.26 Å². The first-order valence-corrected chi connectivity index (χ1v) is 6.38. The molecule has 1 heterocycles. The van der Waals surface area contributed by atoms with E-state index < -0.39 is 0 Å². The zero-order valence-electron chi connectivity index (χ0n) is 10.8. The molecule has 1 saturated heterocycles. The number of hydrogen-bond donors (Lipinski definition) is 1. The second-order valence-electron chi connectivity index (χ2n) is 4.40. The topological polar surface area (TPSA) is 65.4 Å². The van der Waals surface area contributed by atoms with Gasteiger partial charge in [-0.3, -0.25) is 9.69 Å². The minimum atomic E-state index is -0.134. The molecule has 0 bridgehead atoms. The van der Waals surface area contributed by atoms with Crippen LogP contribution in [0.5, 0.6) is 0 Å². The third-order valence-electron chi connectivity index (χ3n) is 3.07. The Morgan fingerprint density at radius 2 is 2.21 bits per heavy atom. The molecular formula is C14H17N3O2. The van der Waals surface area contributed by atoms with Crippen molar-refractivity contribution in [3.8, 4) is 6.07 Å². The van der Waals surface area contributed by atoms with Crippen LogP contribution in [0.15, 0.2) is 24.3 Å². The number of nitrogens with one attached hydrogen (secondary N) is 1. The van der Waals surface area contributed by atoms with Crippen LogP contribution in [-0.2, 0) is 4.74 Å². The van der Waals surface area contributed by atoms with Crippen LogP contribution in [0, 0.1) is 11.3 Å². The largest absolute Gasteiger partial charge is 0.379 e. The summed E-state index contributed by atoms with van der Waals surface area (Å²) in [5, 5.41) is 11.7. The number of amides is 1. The lowest BCUT2D eigenvalue weighted by molar-refractivity contribution is 0.0383. The van der Waals surface area contributed by atoms with E-state index in [0.29, 0.717) is 17.7 Å². The molecule has 0 aromatic heterocycles. The fourth-order valence-corrected chi connectivity index (χ4v) is 1.98. The van der Waals surface area contributed by atoms with Gasteiger partial charge in [-0.15, -0.1) is 0 Å². The summed E-state index contributed by atoms with van der Waals surface area (Å²) in [5.74, 6) is -0.134. The third kappa shape index (κ3) is 4.05. The van der Waals surface area contributed by atoms with Gasteiger partial charge in [0, 0.05) is 31.7 Å². The van der Waals surface area contributed by atoms with E-state index in [1.807, 2.05) is 6.07 Å². The van der Waals surface area contributed by atoms with Crippen molar-refractivity contribution in [3.05, 3.63) is 35.4 Å². The highest BCUT2D eigenvalue weighted by atomic mass is 16.5. The normalized spacial score (nSPS) is 15.7. The number of benzene rings is 1.